The van der Waals surface area contributed by atoms with Crippen LogP contribution in [-0.2, 0) is 4.74 Å². The Morgan fingerprint density at radius 1 is 1.35 bits per heavy atom. The number of nitrogens with zero attached hydrogens (tertiary/aromatic N) is 1. The SMILES string of the molecule is COc1cc(C)ccc1C(=O)CN(C)CCOC(C)C. The molecule has 0 spiro atoms. The lowest BCUT2D eigenvalue weighted by Gasteiger charge is -2.17. The molecule has 20 heavy (non-hydrogen) atoms. The summed E-state index contributed by atoms with van der Waals surface area (Å²) in [6, 6.07) is 5.64. The van der Waals surface area contributed by atoms with Crippen LogP contribution in [0.25, 0.3) is 0 Å². The summed E-state index contributed by atoms with van der Waals surface area (Å²) in [6.45, 7) is 7.71. The Balaban J connectivity index is 2.58. The summed E-state index contributed by atoms with van der Waals surface area (Å²) in [6.07, 6.45) is 0.219. The molecular formula is C16H25NO3. The van der Waals surface area contributed by atoms with Crippen LogP contribution in [0, 0.1) is 6.92 Å². The maximum Gasteiger partial charge on any atom is 0.180 e. The van der Waals surface area contributed by atoms with Crippen molar-refractivity contribution in [3.05, 3.63) is 29.3 Å². The van der Waals surface area contributed by atoms with Crippen molar-refractivity contribution in [2.24, 2.45) is 0 Å². The first-order valence-corrected chi connectivity index (χ1v) is 6.92. The van der Waals surface area contributed by atoms with E-state index in [1.807, 2.05) is 50.9 Å². The van der Waals surface area contributed by atoms with Crippen LogP contribution in [0.1, 0.15) is 29.8 Å². The van der Waals surface area contributed by atoms with Gasteiger partial charge in [-0.25, -0.2) is 0 Å². The van der Waals surface area contributed by atoms with Gasteiger partial charge in [0, 0.05) is 6.54 Å². The zero-order chi connectivity index (χ0) is 15.1. The Labute approximate surface area is 121 Å². The number of methoxy groups -OCH3 is 1. The Morgan fingerprint density at radius 3 is 2.65 bits per heavy atom. The van der Waals surface area contributed by atoms with Gasteiger partial charge in [-0.3, -0.25) is 9.69 Å². The first-order chi connectivity index (χ1) is 9.43. The van der Waals surface area contributed by atoms with Gasteiger partial charge in [0.25, 0.3) is 0 Å². The maximum atomic E-state index is 12.3. The third-order valence-electron chi connectivity index (χ3n) is 3.00. The molecule has 0 radical (unpaired) electrons. The van der Waals surface area contributed by atoms with E-state index in [0.717, 1.165) is 12.1 Å². The highest BCUT2D eigenvalue weighted by Crippen LogP contribution is 2.20. The van der Waals surface area contributed by atoms with Crippen LogP contribution in [0.3, 0.4) is 0 Å². The minimum atomic E-state index is 0.0638. The van der Waals surface area contributed by atoms with E-state index in [1.165, 1.54) is 0 Å². The topological polar surface area (TPSA) is 38.8 Å². The van der Waals surface area contributed by atoms with E-state index < -0.39 is 0 Å². The number of carbonyl (C=O) groups excluding carboxylic acids is 1. The summed E-state index contributed by atoms with van der Waals surface area (Å²) < 4.78 is 10.8. The third kappa shape index (κ3) is 5.31. The van der Waals surface area contributed by atoms with Gasteiger partial charge in [0.2, 0.25) is 0 Å². The summed E-state index contributed by atoms with van der Waals surface area (Å²) in [7, 11) is 3.51. The van der Waals surface area contributed by atoms with E-state index in [2.05, 4.69) is 0 Å². The first kappa shape index (κ1) is 16.7. The van der Waals surface area contributed by atoms with Gasteiger partial charge in [-0.15, -0.1) is 0 Å². The molecule has 4 heteroatoms. The van der Waals surface area contributed by atoms with Crippen molar-refractivity contribution < 1.29 is 14.3 Å². The molecule has 0 aliphatic heterocycles. The van der Waals surface area contributed by atoms with Gasteiger partial charge in [0.15, 0.2) is 5.78 Å². The van der Waals surface area contributed by atoms with E-state index in [1.54, 1.807) is 7.11 Å². The number of benzene rings is 1. The molecule has 0 fully saturated rings. The van der Waals surface area contributed by atoms with Gasteiger partial charge in [0.05, 0.1) is 31.9 Å². The average Bonchev–Trinajstić information content (AvgIpc) is 2.37. The van der Waals surface area contributed by atoms with Gasteiger partial charge in [0.1, 0.15) is 5.75 Å². The molecule has 0 atom stereocenters. The highest BCUT2D eigenvalue weighted by atomic mass is 16.5. The second kappa shape index (κ2) is 8.02. The average molecular weight is 279 g/mol. The number of hydrogen-bond acceptors (Lipinski definition) is 4. The van der Waals surface area contributed by atoms with Crippen LogP contribution in [0.15, 0.2) is 18.2 Å². The molecule has 0 aromatic heterocycles. The molecule has 1 aromatic carbocycles. The van der Waals surface area contributed by atoms with E-state index >= 15 is 0 Å². The van der Waals surface area contributed by atoms with Crippen LogP contribution >= 0.6 is 0 Å². The summed E-state index contributed by atoms with van der Waals surface area (Å²) >= 11 is 0. The highest BCUT2D eigenvalue weighted by molar-refractivity contribution is 6.00. The fraction of sp³-hybridized carbons (Fsp3) is 0.562. The van der Waals surface area contributed by atoms with Crippen molar-refractivity contribution in [2.75, 3.05) is 33.9 Å². The van der Waals surface area contributed by atoms with Gasteiger partial charge < -0.3 is 9.47 Å². The van der Waals surface area contributed by atoms with Crippen molar-refractivity contribution in [1.82, 2.24) is 4.90 Å². The minimum absolute atomic E-state index is 0.0638. The number of aryl methyl sites for hydroxylation is 1. The summed E-state index contributed by atoms with van der Waals surface area (Å²) in [5, 5.41) is 0. The number of ketones is 1. The normalized spacial score (nSPS) is 11.2. The highest BCUT2D eigenvalue weighted by Gasteiger charge is 2.14. The van der Waals surface area contributed by atoms with Crippen LogP contribution in [0.5, 0.6) is 5.75 Å². The summed E-state index contributed by atoms with van der Waals surface area (Å²) in [5.74, 6) is 0.704. The molecule has 0 heterocycles. The van der Waals surface area contributed by atoms with E-state index in [0.29, 0.717) is 24.5 Å². The second-order valence-corrected chi connectivity index (χ2v) is 5.28. The number of likely N-dealkylation sites (N-methyl/N-ethyl adjacent to an activating group) is 1. The standard InChI is InChI=1S/C16H25NO3/c1-12(2)20-9-8-17(4)11-15(18)14-7-6-13(3)10-16(14)19-5/h6-7,10,12H,8-9,11H2,1-5H3. The predicted octanol–water partition coefficient (Wildman–Crippen LogP) is 2.54. The number of ether oxygens (including phenoxy) is 2. The fourth-order valence-corrected chi connectivity index (χ4v) is 1.88. The zero-order valence-electron chi connectivity index (χ0n) is 13.1. The minimum Gasteiger partial charge on any atom is -0.496 e. The van der Waals surface area contributed by atoms with Crippen molar-refractivity contribution in [2.45, 2.75) is 26.9 Å². The quantitative estimate of drug-likeness (QED) is 0.686. The predicted molar refractivity (Wildman–Crippen MR) is 80.6 cm³/mol. The molecule has 0 unspecified atom stereocenters. The van der Waals surface area contributed by atoms with E-state index in [4.69, 9.17) is 9.47 Å². The molecule has 0 saturated carbocycles. The Hall–Kier alpha value is -1.39. The van der Waals surface area contributed by atoms with Crippen LogP contribution in [0.2, 0.25) is 0 Å². The van der Waals surface area contributed by atoms with Gasteiger partial charge in [-0.1, -0.05) is 6.07 Å². The molecule has 0 aliphatic carbocycles. The Kier molecular flexibility index (Phi) is 6.68. The second-order valence-electron chi connectivity index (χ2n) is 5.28. The number of rotatable bonds is 8. The molecular weight excluding hydrogens is 254 g/mol. The van der Waals surface area contributed by atoms with Crippen molar-refractivity contribution >= 4 is 5.78 Å². The van der Waals surface area contributed by atoms with Crippen molar-refractivity contribution in [3.8, 4) is 5.75 Å². The van der Waals surface area contributed by atoms with E-state index in [9.17, 15) is 4.79 Å². The van der Waals surface area contributed by atoms with Crippen molar-refractivity contribution in [3.63, 3.8) is 0 Å². The maximum absolute atomic E-state index is 12.3. The molecule has 4 nitrogen and oxygen atoms in total. The van der Waals surface area contributed by atoms with E-state index in [-0.39, 0.29) is 11.9 Å². The molecule has 112 valence electrons. The first-order valence-electron chi connectivity index (χ1n) is 6.92. The molecule has 0 N–H and O–H groups in total. The van der Waals surface area contributed by atoms with Gasteiger partial charge in [-0.05, 0) is 45.5 Å². The summed E-state index contributed by atoms with van der Waals surface area (Å²) in [4.78, 5) is 14.2. The zero-order valence-corrected chi connectivity index (χ0v) is 13.1. The fourth-order valence-electron chi connectivity index (χ4n) is 1.88. The lowest BCUT2D eigenvalue weighted by molar-refractivity contribution is 0.0619. The molecule has 0 saturated heterocycles. The molecule has 0 amide bonds. The van der Waals surface area contributed by atoms with Crippen LogP contribution < -0.4 is 4.74 Å². The lowest BCUT2D eigenvalue weighted by Crippen LogP contribution is -2.30. The Morgan fingerprint density at radius 2 is 2.05 bits per heavy atom. The summed E-state index contributed by atoms with van der Waals surface area (Å²) in [5.41, 5.74) is 1.71. The molecule has 1 rings (SSSR count). The smallest absolute Gasteiger partial charge is 0.180 e. The van der Waals surface area contributed by atoms with Crippen LogP contribution in [0.4, 0.5) is 0 Å². The van der Waals surface area contributed by atoms with Crippen LogP contribution in [-0.4, -0.2) is 50.6 Å². The number of Topliss-reactive ketones (excluding diaryl/α,β-unsaturated/α-hetero) is 1. The largest absolute Gasteiger partial charge is 0.496 e. The lowest BCUT2D eigenvalue weighted by atomic mass is 10.1. The monoisotopic (exact) mass is 279 g/mol. The van der Waals surface area contributed by atoms with Crippen molar-refractivity contribution in [1.29, 1.82) is 0 Å². The number of hydrogen-bond donors (Lipinski definition) is 0. The Bertz CT molecular complexity index is 443. The molecule has 1 aromatic rings. The van der Waals surface area contributed by atoms with Gasteiger partial charge >= 0.3 is 0 Å². The number of carbonyl (C=O) groups is 1. The van der Waals surface area contributed by atoms with Gasteiger partial charge in [-0.2, -0.15) is 0 Å². The molecule has 0 aliphatic rings. The third-order valence-corrected chi connectivity index (χ3v) is 3.00. The molecule has 0 bridgehead atoms.